The van der Waals surface area contributed by atoms with E-state index < -0.39 is 72.0 Å². The smallest absolute Gasteiger partial charge is 0.408 e. The number of carboxylic acid groups (broad SMARTS) is 1. The molecule has 0 radical (unpaired) electrons. The fourth-order valence-electron chi connectivity index (χ4n) is 4.50. The zero-order valence-electron chi connectivity index (χ0n) is 28.2. The largest absolute Gasteiger partial charge is 0.508 e. The van der Waals surface area contributed by atoms with Crippen LogP contribution in [0.15, 0.2) is 54.6 Å². The van der Waals surface area contributed by atoms with E-state index in [1.54, 1.807) is 63.2 Å². The van der Waals surface area contributed by atoms with Crippen molar-refractivity contribution in [2.45, 2.75) is 90.6 Å². The van der Waals surface area contributed by atoms with Gasteiger partial charge in [-0.25, -0.2) is 9.59 Å². The molecule has 0 spiro atoms. The van der Waals surface area contributed by atoms with Crippen molar-refractivity contribution in [3.05, 3.63) is 65.7 Å². The number of rotatable bonds is 16. The Morgan fingerprint density at radius 1 is 0.708 bits per heavy atom. The van der Waals surface area contributed by atoms with Crippen LogP contribution in [-0.2, 0) is 41.6 Å². The number of ether oxygens (including phenoxy) is 1. The van der Waals surface area contributed by atoms with Crippen molar-refractivity contribution < 1.29 is 43.7 Å². The minimum Gasteiger partial charge on any atom is -0.508 e. The number of aromatic hydroxyl groups is 1. The molecule has 14 nitrogen and oxygen atoms in total. The van der Waals surface area contributed by atoms with Crippen molar-refractivity contribution >= 4 is 35.7 Å². The van der Waals surface area contributed by atoms with Crippen LogP contribution in [0.5, 0.6) is 5.75 Å². The van der Waals surface area contributed by atoms with Crippen molar-refractivity contribution in [1.82, 2.24) is 26.6 Å². The molecule has 0 aliphatic carbocycles. The predicted molar refractivity (Wildman–Crippen MR) is 177 cm³/mol. The lowest BCUT2D eigenvalue weighted by Gasteiger charge is -2.24. The first-order valence-electron chi connectivity index (χ1n) is 15.7. The molecule has 0 fully saturated rings. The SMILES string of the molecule is CC(C)C[C@H](NC(=O)[C@H](Cc1ccccc1)NC(=O)CNC(=O)[C@@H](C)NC(=O)[C@H](Cc1ccc(O)cc1)NC(=O)OC(C)(C)C)C(=O)O. The molecule has 0 heterocycles. The van der Waals surface area contributed by atoms with Crippen molar-refractivity contribution in [2.24, 2.45) is 5.92 Å². The van der Waals surface area contributed by atoms with E-state index in [4.69, 9.17) is 4.74 Å². The molecule has 2 aromatic rings. The number of alkyl carbamates (subject to hydrolysis) is 1. The second kappa shape index (κ2) is 18.3. The van der Waals surface area contributed by atoms with Crippen molar-refractivity contribution in [3.63, 3.8) is 0 Å². The summed E-state index contributed by atoms with van der Waals surface area (Å²) < 4.78 is 5.28. The van der Waals surface area contributed by atoms with Gasteiger partial charge in [0.25, 0.3) is 0 Å². The summed E-state index contributed by atoms with van der Waals surface area (Å²) in [7, 11) is 0. The summed E-state index contributed by atoms with van der Waals surface area (Å²) in [6, 6.07) is 10.3. The molecular formula is C34H47N5O9. The molecule has 2 rings (SSSR count). The molecule has 4 atom stereocenters. The quantitative estimate of drug-likeness (QED) is 0.139. The third-order valence-electron chi connectivity index (χ3n) is 6.81. The number of carbonyl (C=O) groups is 6. The molecule has 0 bridgehead atoms. The van der Waals surface area contributed by atoms with Crippen molar-refractivity contribution in [1.29, 1.82) is 0 Å². The molecule has 14 heteroatoms. The Kier molecular flexibility index (Phi) is 14.9. The Balaban J connectivity index is 2.06. The van der Waals surface area contributed by atoms with Gasteiger partial charge in [0, 0.05) is 12.8 Å². The lowest BCUT2D eigenvalue weighted by Crippen LogP contribution is -2.56. The van der Waals surface area contributed by atoms with Crippen LogP contribution in [0.3, 0.4) is 0 Å². The van der Waals surface area contributed by atoms with Gasteiger partial charge in [0.15, 0.2) is 0 Å². The van der Waals surface area contributed by atoms with Crippen molar-refractivity contribution in [3.8, 4) is 5.75 Å². The van der Waals surface area contributed by atoms with Crippen LogP contribution in [0, 0.1) is 5.92 Å². The second-order valence-corrected chi connectivity index (χ2v) is 12.9. The summed E-state index contributed by atoms with van der Waals surface area (Å²) in [5.74, 6) is -4.01. The first kappa shape index (κ1) is 39.0. The zero-order chi connectivity index (χ0) is 36.0. The summed E-state index contributed by atoms with van der Waals surface area (Å²) in [5.41, 5.74) is 0.506. The van der Waals surface area contributed by atoms with E-state index in [-0.39, 0.29) is 30.9 Å². The van der Waals surface area contributed by atoms with E-state index in [1.165, 1.54) is 19.1 Å². The fourth-order valence-corrected chi connectivity index (χ4v) is 4.50. The van der Waals surface area contributed by atoms with Gasteiger partial charge in [-0.2, -0.15) is 0 Å². The number of carboxylic acids is 1. The third-order valence-corrected chi connectivity index (χ3v) is 6.81. The number of amides is 5. The Morgan fingerprint density at radius 3 is 1.79 bits per heavy atom. The first-order valence-corrected chi connectivity index (χ1v) is 15.7. The van der Waals surface area contributed by atoms with Gasteiger partial charge in [0.1, 0.15) is 35.5 Å². The molecule has 0 saturated carbocycles. The fraction of sp³-hybridized carbons (Fsp3) is 0.471. The molecule has 2 aromatic carbocycles. The van der Waals surface area contributed by atoms with Gasteiger partial charge in [-0.1, -0.05) is 56.3 Å². The summed E-state index contributed by atoms with van der Waals surface area (Å²) in [6.07, 6.45) is -0.564. The van der Waals surface area contributed by atoms with Crippen LogP contribution in [0.25, 0.3) is 0 Å². The van der Waals surface area contributed by atoms with Gasteiger partial charge < -0.3 is 41.5 Å². The molecule has 0 aromatic heterocycles. The number of phenolic OH excluding ortho intramolecular Hbond substituents is 1. The maximum Gasteiger partial charge on any atom is 0.408 e. The Bertz CT molecular complexity index is 1410. The van der Waals surface area contributed by atoms with Gasteiger partial charge in [-0.15, -0.1) is 0 Å². The predicted octanol–water partition coefficient (Wildman–Crippen LogP) is 1.79. The van der Waals surface area contributed by atoms with Gasteiger partial charge in [0.2, 0.25) is 23.6 Å². The second-order valence-electron chi connectivity index (χ2n) is 12.9. The monoisotopic (exact) mass is 669 g/mol. The molecule has 0 saturated heterocycles. The molecule has 0 unspecified atom stereocenters. The zero-order valence-corrected chi connectivity index (χ0v) is 28.2. The molecular weight excluding hydrogens is 622 g/mol. The third kappa shape index (κ3) is 14.5. The van der Waals surface area contributed by atoms with E-state index in [0.29, 0.717) is 5.56 Å². The normalized spacial score (nSPS) is 13.6. The highest BCUT2D eigenvalue weighted by atomic mass is 16.6. The minimum atomic E-state index is -1.20. The van der Waals surface area contributed by atoms with Crippen LogP contribution >= 0.6 is 0 Å². The Hall–Kier alpha value is -5.14. The lowest BCUT2D eigenvalue weighted by atomic mass is 10.0. The summed E-state index contributed by atoms with van der Waals surface area (Å²) >= 11 is 0. The molecule has 0 aliphatic rings. The van der Waals surface area contributed by atoms with Gasteiger partial charge >= 0.3 is 12.1 Å². The van der Waals surface area contributed by atoms with Crippen LogP contribution in [-0.4, -0.2) is 82.2 Å². The van der Waals surface area contributed by atoms with Crippen LogP contribution in [0.1, 0.15) is 59.1 Å². The topological polar surface area (TPSA) is 212 Å². The van der Waals surface area contributed by atoms with Gasteiger partial charge in [-0.3, -0.25) is 19.2 Å². The van der Waals surface area contributed by atoms with E-state index in [2.05, 4.69) is 26.6 Å². The molecule has 7 N–H and O–H groups in total. The highest BCUT2D eigenvalue weighted by Gasteiger charge is 2.29. The summed E-state index contributed by atoms with van der Waals surface area (Å²) in [4.78, 5) is 76.3. The standard InChI is InChI=1S/C34H47N5O9/c1-20(2)16-27(32(45)46)38-31(44)25(17-22-10-8-7-9-11-22)37-28(41)19-35-29(42)21(3)36-30(43)26(39-33(47)48-34(4,5)6)18-23-12-14-24(40)15-13-23/h7-15,20-21,25-27,40H,16-19H2,1-6H3,(H,35,42)(H,36,43)(H,37,41)(H,38,44)(H,39,47)(H,45,46)/t21-,25+,26+,27+/m1/s1. The van der Waals surface area contributed by atoms with E-state index in [0.717, 1.165) is 5.56 Å². The molecule has 48 heavy (non-hydrogen) atoms. The van der Waals surface area contributed by atoms with Crippen LogP contribution in [0.2, 0.25) is 0 Å². The van der Waals surface area contributed by atoms with E-state index in [1.807, 2.05) is 13.8 Å². The van der Waals surface area contributed by atoms with Crippen LogP contribution in [0.4, 0.5) is 4.79 Å². The first-order chi connectivity index (χ1) is 22.4. The average molecular weight is 670 g/mol. The maximum absolute atomic E-state index is 13.2. The average Bonchev–Trinajstić information content (AvgIpc) is 2.99. The Labute approximate surface area is 280 Å². The summed E-state index contributed by atoms with van der Waals surface area (Å²) in [5, 5.41) is 31.7. The van der Waals surface area contributed by atoms with Gasteiger partial charge in [-0.05, 0) is 63.3 Å². The highest BCUT2D eigenvalue weighted by molar-refractivity contribution is 5.94. The van der Waals surface area contributed by atoms with Gasteiger partial charge in [0.05, 0.1) is 6.54 Å². The molecule has 262 valence electrons. The minimum absolute atomic E-state index is 0.0116. The maximum atomic E-state index is 13.2. The molecule has 0 aliphatic heterocycles. The van der Waals surface area contributed by atoms with E-state index in [9.17, 15) is 39.0 Å². The molecule has 5 amide bonds. The highest BCUT2D eigenvalue weighted by Crippen LogP contribution is 2.13. The van der Waals surface area contributed by atoms with Crippen LogP contribution < -0.4 is 26.6 Å². The number of benzene rings is 2. The number of carbonyl (C=O) groups excluding carboxylic acids is 5. The van der Waals surface area contributed by atoms with Crippen molar-refractivity contribution in [2.75, 3.05) is 6.54 Å². The Morgan fingerprint density at radius 2 is 1.25 bits per heavy atom. The number of phenols is 1. The lowest BCUT2D eigenvalue weighted by molar-refractivity contribution is -0.142. The summed E-state index contributed by atoms with van der Waals surface area (Å²) in [6.45, 7) is 9.50. The number of aliphatic carboxylic acids is 1. The number of nitrogens with one attached hydrogen (secondary N) is 5. The number of hydrogen-bond acceptors (Lipinski definition) is 8. The van der Waals surface area contributed by atoms with E-state index >= 15 is 0 Å². The number of hydrogen-bond donors (Lipinski definition) is 7.